The smallest absolute Gasteiger partial charge is 0.332 e. The summed E-state index contributed by atoms with van der Waals surface area (Å²) < 4.78 is 5.80. The molecule has 1 aromatic carbocycles. The van der Waals surface area contributed by atoms with Gasteiger partial charge in [-0.15, -0.1) is 0 Å². The van der Waals surface area contributed by atoms with Crippen LogP contribution in [-0.4, -0.2) is 29.7 Å². The Morgan fingerprint density at radius 1 is 1.50 bits per heavy atom. The minimum absolute atomic E-state index is 0.289. The summed E-state index contributed by atoms with van der Waals surface area (Å²) in [7, 11) is 0. The molecular weight excluding hydrogens is 302 g/mol. The van der Waals surface area contributed by atoms with Gasteiger partial charge in [0.05, 0.1) is 0 Å². The number of hydrogen-bond donors (Lipinski definition) is 2. The number of carboxylic acid groups (broad SMARTS) is 1. The summed E-state index contributed by atoms with van der Waals surface area (Å²) >= 11 is 3.33. The predicted octanol–water partition coefficient (Wildman–Crippen LogP) is 2.19. The second kappa shape index (κ2) is 6.51. The van der Waals surface area contributed by atoms with E-state index in [4.69, 9.17) is 9.84 Å². The van der Waals surface area contributed by atoms with Crippen molar-refractivity contribution < 1.29 is 19.4 Å². The third kappa shape index (κ3) is 4.46. The molecule has 0 aromatic heterocycles. The molecule has 0 heterocycles. The molecule has 0 fully saturated rings. The first-order valence-corrected chi connectivity index (χ1v) is 6.10. The van der Waals surface area contributed by atoms with Gasteiger partial charge in [0.1, 0.15) is 6.61 Å². The molecule has 98 valence electrons. The molecule has 5 nitrogen and oxygen atoms in total. The van der Waals surface area contributed by atoms with Crippen molar-refractivity contribution in [1.29, 1.82) is 0 Å². The number of ether oxygens (including phenoxy) is 1. The minimum atomic E-state index is -1.09. The Morgan fingerprint density at radius 2 is 2.17 bits per heavy atom. The van der Waals surface area contributed by atoms with E-state index in [1.54, 1.807) is 6.07 Å². The highest BCUT2D eigenvalue weighted by Crippen LogP contribution is 2.19. The first-order valence-electron chi connectivity index (χ1n) is 5.30. The van der Waals surface area contributed by atoms with Crippen molar-refractivity contribution in [2.24, 2.45) is 0 Å². The van der Waals surface area contributed by atoms with Crippen molar-refractivity contribution in [3.8, 4) is 0 Å². The zero-order valence-electron chi connectivity index (χ0n) is 10.1. The van der Waals surface area contributed by atoms with Crippen LogP contribution < -0.4 is 5.32 Å². The van der Waals surface area contributed by atoms with E-state index in [9.17, 15) is 9.59 Å². The Morgan fingerprint density at radius 3 is 2.72 bits per heavy atom. The van der Waals surface area contributed by atoms with Crippen molar-refractivity contribution >= 4 is 33.5 Å². The number of carbonyl (C=O) groups is 2. The fourth-order valence-corrected chi connectivity index (χ4v) is 1.70. The van der Waals surface area contributed by atoms with Crippen LogP contribution in [0.2, 0.25) is 0 Å². The number of nitrogens with one attached hydrogen (secondary N) is 1. The van der Waals surface area contributed by atoms with Gasteiger partial charge in [-0.2, -0.15) is 0 Å². The number of aryl methyl sites for hydroxylation is 1. The summed E-state index contributed by atoms with van der Waals surface area (Å²) in [6, 6.07) is 5.44. The maximum Gasteiger partial charge on any atom is 0.332 e. The van der Waals surface area contributed by atoms with Crippen LogP contribution in [0, 0.1) is 6.92 Å². The molecule has 1 atom stereocenters. The third-order valence-corrected chi connectivity index (χ3v) is 2.77. The van der Waals surface area contributed by atoms with Gasteiger partial charge in [0.2, 0.25) is 5.91 Å². The molecule has 0 saturated carbocycles. The Balaban J connectivity index is 2.52. The molecular formula is C12H14BrNO4. The molecule has 6 heteroatoms. The molecule has 0 spiro atoms. The number of rotatable bonds is 5. The fraction of sp³-hybridized carbons (Fsp3) is 0.333. The number of halogens is 1. The zero-order valence-corrected chi connectivity index (χ0v) is 11.7. The number of hydrogen-bond acceptors (Lipinski definition) is 3. The largest absolute Gasteiger partial charge is 0.479 e. The van der Waals surface area contributed by atoms with E-state index in [0.29, 0.717) is 5.69 Å². The normalized spacial score (nSPS) is 11.9. The quantitative estimate of drug-likeness (QED) is 0.873. The zero-order chi connectivity index (χ0) is 13.7. The van der Waals surface area contributed by atoms with Crippen LogP contribution in [0.5, 0.6) is 0 Å². The van der Waals surface area contributed by atoms with Gasteiger partial charge in [0.25, 0.3) is 0 Å². The summed E-state index contributed by atoms with van der Waals surface area (Å²) in [6.07, 6.45) is -0.998. The summed E-state index contributed by atoms with van der Waals surface area (Å²) in [6.45, 7) is 2.95. The monoisotopic (exact) mass is 315 g/mol. The van der Waals surface area contributed by atoms with Crippen molar-refractivity contribution in [3.05, 3.63) is 28.2 Å². The summed E-state index contributed by atoms with van der Waals surface area (Å²) in [4.78, 5) is 22.0. The lowest BCUT2D eigenvalue weighted by Gasteiger charge is -2.10. The lowest BCUT2D eigenvalue weighted by atomic mass is 10.2. The second-order valence-corrected chi connectivity index (χ2v) is 4.71. The maximum absolute atomic E-state index is 11.5. The average molecular weight is 316 g/mol. The van der Waals surface area contributed by atoms with Crippen molar-refractivity contribution in [2.45, 2.75) is 20.0 Å². The van der Waals surface area contributed by atoms with Gasteiger partial charge >= 0.3 is 5.97 Å². The Bertz CT molecular complexity index is 461. The molecule has 0 aliphatic rings. The fourth-order valence-electron chi connectivity index (χ4n) is 1.23. The molecule has 0 aliphatic heterocycles. The SMILES string of the molecule is Cc1cc(Br)ccc1NC(=O)COC(C)C(=O)O. The van der Waals surface area contributed by atoms with E-state index in [2.05, 4.69) is 21.2 Å². The van der Waals surface area contributed by atoms with Crippen LogP contribution in [0.3, 0.4) is 0 Å². The lowest BCUT2D eigenvalue weighted by molar-refractivity contribution is -0.150. The number of carboxylic acids is 1. The molecule has 1 rings (SSSR count). The van der Waals surface area contributed by atoms with Crippen LogP contribution in [0.1, 0.15) is 12.5 Å². The van der Waals surface area contributed by atoms with E-state index in [0.717, 1.165) is 10.0 Å². The molecule has 1 amide bonds. The van der Waals surface area contributed by atoms with Gasteiger partial charge in [-0.3, -0.25) is 4.79 Å². The highest BCUT2D eigenvalue weighted by atomic mass is 79.9. The molecule has 0 radical (unpaired) electrons. The van der Waals surface area contributed by atoms with Gasteiger partial charge in [-0.1, -0.05) is 15.9 Å². The van der Waals surface area contributed by atoms with Crippen LogP contribution in [0.25, 0.3) is 0 Å². The van der Waals surface area contributed by atoms with Crippen LogP contribution in [0.4, 0.5) is 5.69 Å². The first kappa shape index (κ1) is 14.7. The maximum atomic E-state index is 11.5. The highest BCUT2D eigenvalue weighted by Gasteiger charge is 2.13. The topological polar surface area (TPSA) is 75.6 Å². The number of benzene rings is 1. The van der Waals surface area contributed by atoms with E-state index in [1.807, 2.05) is 19.1 Å². The summed E-state index contributed by atoms with van der Waals surface area (Å²) in [5, 5.41) is 11.3. The van der Waals surface area contributed by atoms with Crippen molar-refractivity contribution in [1.82, 2.24) is 0 Å². The molecule has 0 bridgehead atoms. The molecule has 0 aliphatic carbocycles. The number of aliphatic carboxylic acids is 1. The molecule has 1 aromatic rings. The Hall–Kier alpha value is -1.40. The number of anilines is 1. The van der Waals surface area contributed by atoms with E-state index in [1.165, 1.54) is 6.92 Å². The van der Waals surface area contributed by atoms with E-state index >= 15 is 0 Å². The van der Waals surface area contributed by atoms with Crippen LogP contribution in [-0.2, 0) is 14.3 Å². The summed E-state index contributed by atoms with van der Waals surface area (Å²) in [5.74, 6) is -1.48. The first-order chi connectivity index (χ1) is 8.40. The number of amides is 1. The average Bonchev–Trinajstić information content (AvgIpc) is 2.29. The lowest BCUT2D eigenvalue weighted by Crippen LogP contribution is -2.26. The van der Waals surface area contributed by atoms with Gasteiger partial charge in [0, 0.05) is 10.2 Å². The molecule has 0 saturated heterocycles. The van der Waals surface area contributed by atoms with Gasteiger partial charge in [-0.05, 0) is 37.6 Å². The van der Waals surface area contributed by atoms with Crippen LogP contribution in [0.15, 0.2) is 22.7 Å². The minimum Gasteiger partial charge on any atom is -0.479 e. The van der Waals surface area contributed by atoms with Crippen LogP contribution >= 0.6 is 15.9 Å². The van der Waals surface area contributed by atoms with Gasteiger partial charge in [-0.25, -0.2) is 4.79 Å². The third-order valence-electron chi connectivity index (χ3n) is 2.27. The predicted molar refractivity (Wildman–Crippen MR) is 70.6 cm³/mol. The van der Waals surface area contributed by atoms with Gasteiger partial charge < -0.3 is 15.2 Å². The van der Waals surface area contributed by atoms with Crippen molar-refractivity contribution in [3.63, 3.8) is 0 Å². The molecule has 1 unspecified atom stereocenters. The molecule has 2 N–H and O–H groups in total. The Kier molecular flexibility index (Phi) is 5.30. The second-order valence-electron chi connectivity index (χ2n) is 3.80. The standard InChI is InChI=1S/C12H14BrNO4/c1-7-5-9(13)3-4-10(7)14-11(15)6-18-8(2)12(16)17/h3-5,8H,6H2,1-2H3,(H,14,15)(H,16,17). The molecule has 18 heavy (non-hydrogen) atoms. The number of carbonyl (C=O) groups excluding carboxylic acids is 1. The van der Waals surface area contributed by atoms with E-state index in [-0.39, 0.29) is 12.5 Å². The van der Waals surface area contributed by atoms with E-state index < -0.39 is 12.1 Å². The summed E-state index contributed by atoms with van der Waals surface area (Å²) in [5.41, 5.74) is 1.58. The van der Waals surface area contributed by atoms with Crippen molar-refractivity contribution in [2.75, 3.05) is 11.9 Å². The van der Waals surface area contributed by atoms with Gasteiger partial charge in [0.15, 0.2) is 6.10 Å². The Labute approximate surface area is 113 Å². The highest BCUT2D eigenvalue weighted by molar-refractivity contribution is 9.10.